The highest BCUT2D eigenvalue weighted by molar-refractivity contribution is 5.88. The highest BCUT2D eigenvalue weighted by Gasteiger charge is 2.18. The molecule has 0 atom stereocenters. The molecule has 198 valence electrons. The number of benzene rings is 2. The highest BCUT2D eigenvalue weighted by atomic mass is 15.2. The van der Waals surface area contributed by atoms with Crippen LogP contribution in [0.2, 0.25) is 0 Å². The molecule has 4 fully saturated rings. The van der Waals surface area contributed by atoms with Crippen LogP contribution >= 0.6 is 0 Å². The summed E-state index contributed by atoms with van der Waals surface area (Å²) in [5.74, 6) is 2.41. The second-order valence-electron chi connectivity index (χ2n) is 10.7. The minimum Gasteiger partial charge on any atom is -0.374 e. The molecular formula is C31H44N6. The molecule has 4 aliphatic heterocycles. The molecule has 37 heavy (non-hydrogen) atoms. The number of anilines is 2. The third-order valence-corrected chi connectivity index (χ3v) is 7.92. The van der Waals surface area contributed by atoms with E-state index in [-0.39, 0.29) is 0 Å². The molecule has 0 unspecified atom stereocenters. The summed E-state index contributed by atoms with van der Waals surface area (Å²) in [6.07, 6.45) is 12.5. The monoisotopic (exact) mass is 500 g/mol. The van der Waals surface area contributed by atoms with Crippen LogP contribution in [0, 0.1) is 0 Å². The van der Waals surface area contributed by atoms with Gasteiger partial charge in [-0.05, 0) is 75.6 Å². The Morgan fingerprint density at radius 2 is 1.14 bits per heavy atom. The van der Waals surface area contributed by atoms with Gasteiger partial charge in [-0.2, -0.15) is 0 Å². The molecule has 4 aliphatic rings. The summed E-state index contributed by atoms with van der Waals surface area (Å²) in [5.41, 5.74) is 4.89. The Balaban J connectivity index is 0.000000152. The molecule has 4 saturated heterocycles. The van der Waals surface area contributed by atoms with E-state index in [4.69, 9.17) is 9.98 Å². The van der Waals surface area contributed by atoms with Crippen LogP contribution in [0.5, 0.6) is 0 Å². The van der Waals surface area contributed by atoms with E-state index < -0.39 is 0 Å². The molecule has 6 heteroatoms. The molecule has 0 spiro atoms. The van der Waals surface area contributed by atoms with Gasteiger partial charge in [0.1, 0.15) is 11.7 Å². The molecule has 2 aromatic carbocycles. The number of amidine groups is 2. The zero-order valence-electron chi connectivity index (χ0n) is 22.7. The van der Waals surface area contributed by atoms with Crippen molar-refractivity contribution in [2.75, 3.05) is 56.1 Å². The number of nitrogens with zero attached hydrogens (tertiary/aromatic N) is 5. The van der Waals surface area contributed by atoms with Crippen molar-refractivity contribution in [3.8, 4) is 0 Å². The Morgan fingerprint density at radius 3 is 1.70 bits per heavy atom. The van der Waals surface area contributed by atoms with E-state index in [9.17, 15) is 0 Å². The molecule has 1 N–H and O–H groups in total. The lowest BCUT2D eigenvalue weighted by atomic mass is 10.1. The molecule has 6 rings (SSSR count). The smallest absolute Gasteiger partial charge is 0.105 e. The van der Waals surface area contributed by atoms with Crippen LogP contribution in [0.1, 0.15) is 64.2 Å². The maximum Gasteiger partial charge on any atom is 0.105 e. The number of aliphatic imine (C=N–C) groups is 2. The van der Waals surface area contributed by atoms with Gasteiger partial charge in [0.15, 0.2) is 0 Å². The van der Waals surface area contributed by atoms with Crippen LogP contribution in [0.15, 0.2) is 58.5 Å². The number of hydrogen-bond acceptors (Lipinski definition) is 4. The van der Waals surface area contributed by atoms with Crippen LogP contribution in [-0.4, -0.2) is 62.9 Å². The first-order valence-corrected chi connectivity index (χ1v) is 14.6. The van der Waals surface area contributed by atoms with Crippen molar-refractivity contribution in [1.29, 1.82) is 0 Å². The predicted molar refractivity (Wildman–Crippen MR) is 158 cm³/mol. The van der Waals surface area contributed by atoms with Gasteiger partial charge in [-0.15, -0.1) is 0 Å². The van der Waals surface area contributed by atoms with E-state index in [1.54, 1.807) is 0 Å². The van der Waals surface area contributed by atoms with E-state index in [1.807, 2.05) is 0 Å². The van der Waals surface area contributed by atoms with Gasteiger partial charge in [0, 0.05) is 59.2 Å². The number of nitrogens with one attached hydrogen (secondary N) is 1. The molecular weight excluding hydrogens is 456 g/mol. The van der Waals surface area contributed by atoms with Crippen molar-refractivity contribution in [3.05, 3.63) is 48.5 Å². The first-order valence-electron chi connectivity index (χ1n) is 14.6. The molecule has 0 aromatic heterocycles. The van der Waals surface area contributed by atoms with E-state index in [0.29, 0.717) is 0 Å². The van der Waals surface area contributed by atoms with Gasteiger partial charge in [0.2, 0.25) is 0 Å². The number of likely N-dealkylation sites (tertiary alicyclic amines) is 1. The second kappa shape index (κ2) is 13.0. The van der Waals surface area contributed by atoms with Crippen LogP contribution in [-0.2, 0) is 0 Å². The van der Waals surface area contributed by atoms with E-state index in [2.05, 4.69) is 75.6 Å². The first-order chi connectivity index (χ1) is 18.3. The normalized spacial score (nSPS) is 22.2. The van der Waals surface area contributed by atoms with Crippen LogP contribution in [0.3, 0.4) is 0 Å². The third-order valence-electron chi connectivity index (χ3n) is 7.92. The van der Waals surface area contributed by atoms with Gasteiger partial charge >= 0.3 is 0 Å². The Hall–Kier alpha value is -3.02. The minimum atomic E-state index is 1.07. The fraction of sp³-hybridized carbons (Fsp3) is 0.548. The molecule has 4 heterocycles. The summed E-state index contributed by atoms with van der Waals surface area (Å²) in [7, 11) is 2.16. The van der Waals surface area contributed by atoms with E-state index in [1.165, 1.54) is 94.8 Å². The minimum absolute atomic E-state index is 1.07. The van der Waals surface area contributed by atoms with Crippen molar-refractivity contribution in [2.24, 2.45) is 9.98 Å². The number of rotatable bonds is 4. The second-order valence-corrected chi connectivity index (χ2v) is 10.7. The molecule has 0 saturated carbocycles. The average molecular weight is 501 g/mol. The number of hydrogen-bond donors (Lipinski definition) is 1. The summed E-state index contributed by atoms with van der Waals surface area (Å²) >= 11 is 0. The molecule has 0 amide bonds. The Kier molecular flexibility index (Phi) is 8.99. The molecule has 6 nitrogen and oxygen atoms in total. The van der Waals surface area contributed by atoms with E-state index in [0.717, 1.165) is 43.1 Å². The summed E-state index contributed by atoms with van der Waals surface area (Å²) in [4.78, 5) is 17.0. The molecule has 0 radical (unpaired) electrons. The fourth-order valence-electron chi connectivity index (χ4n) is 5.78. The third kappa shape index (κ3) is 6.85. The van der Waals surface area contributed by atoms with Gasteiger partial charge in [-0.3, -0.25) is 0 Å². The SMILES string of the molecule is CN1CCCC/C1=N\c1ccccc1N1CCCC1.c1ccc(N2CCCC2)c(/N=C2\CCCCN2)c1. The number of piperidine rings is 2. The zero-order valence-corrected chi connectivity index (χ0v) is 22.7. The van der Waals surface area contributed by atoms with Crippen molar-refractivity contribution in [3.63, 3.8) is 0 Å². The van der Waals surface area contributed by atoms with Crippen LogP contribution in [0.25, 0.3) is 0 Å². The highest BCUT2D eigenvalue weighted by Crippen LogP contribution is 2.32. The first kappa shape index (κ1) is 25.6. The van der Waals surface area contributed by atoms with Crippen LogP contribution in [0.4, 0.5) is 22.7 Å². The summed E-state index contributed by atoms with van der Waals surface area (Å²) in [6, 6.07) is 17.1. The summed E-state index contributed by atoms with van der Waals surface area (Å²) in [5, 5.41) is 3.42. The van der Waals surface area contributed by atoms with Crippen molar-refractivity contribution >= 4 is 34.4 Å². The van der Waals surface area contributed by atoms with E-state index >= 15 is 0 Å². The Labute approximate surface area is 223 Å². The molecule has 2 aromatic rings. The van der Waals surface area contributed by atoms with Gasteiger partial charge < -0.3 is 20.0 Å². The van der Waals surface area contributed by atoms with Gasteiger partial charge in [0.05, 0.1) is 22.7 Å². The van der Waals surface area contributed by atoms with Crippen molar-refractivity contribution in [2.45, 2.75) is 64.2 Å². The zero-order chi connectivity index (χ0) is 25.3. The summed E-state index contributed by atoms with van der Waals surface area (Å²) in [6.45, 7) is 6.93. The lowest BCUT2D eigenvalue weighted by molar-refractivity contribution is 0.434. The standard InChI is InChI=1S/C16H23N3.C15H21N3/c1-18-11-5-4-10-16(18)17-14-8-2-3-9-15(14)19-12-6-7-13-19;1-2-8-14(18-11-5-6-12-18)13(7-1)17-15-9-3-4-10-16-15/h2-3,8-9H,4-7,10-13H2,1H3;1-2,7-8H,3-6,9-12H2,(H,16,17)/b17-16+;. The van der Waals surface area contributed by atoms with Crippen molar-refractivity contribution < 1.29 is 0 Å². The fourth-order valence-corrected chi connectivity index (χ4v) is 5.78. The number of para-hydroxylation sites is 4. The Bertz CT molecular complexity index is 1060. The quantitative estimate of drug-likeness (QED) is 0.519. The summed E-state index contributed by atoms with van der Waals surface area (Å²) < 4.78 is 0. The molecule has 0 aliphatic carbocycles. The lowest BCUT2D eigenvalue weighted by Gasteiger charge is -2.27. The Morgan fingerprint density at radius 1 is 0.595 bits per heavy atom. The van der Waals surface area contributed by atoms with Gasteiger partial charge in [0.25, 0.3) is 0 Å². The lowest BCUT2D eigenvalue weighted by Crippen LogP contribution is -2.31. The van der Waals surface area contributed by atoms with Gasteiger partial charge in [-0.1, -0.05) is 24.3 Å². The van der Waals surface area contributed by atoms with Gasteiger partial charge in [-0.25, -0.2) is 9.98 Å². The molecule has 0 bridgehead atoms. The maximum atomic E-state index is 4.94. The maximum absolute atomic E-state index is 4.94. The topological polar surface area (TPSA) is 46.5 Å². The average Bonchev–Trinajstić information content (AvgIpc) is 3.67. The largest absolute Gasteiger partial charge is 0.374 e. The van der Waals surface area contributed by atoms with Crippen LogP contribution < -0.4 is 15.1 Å². The van der Waals surface area contributed by atoms with Crippen molar-refractivity contribution in [1.82, 2.24) is 10.2 Å². The predicted octanol–water partition coefficient (Wildman–Crippen LogP) is 6.52.